The number of thiocarbonyl (C=S) groups is 1. The third-order valence-corrected chi connectivity index (χ3v) is 2.77. The van der Waals surface area contributed by atoms with Crippen LogP contribution in [-0.2, 0) is 0 Å². The van der Waals surface area contributed by atoms with Crippen molar-refractivity contribution in [1.29, 1.82) is 0 Å². The molecule has 4 nitrogen and oxygen atoms in total. The van der Waals surface area contributed by atoms with Gasteiger partial charge in [-0.3, -0.25) is 0 Å². The van der Waals surface area contributed by atoms with Crippen molar-refractivity contribution >= 4 is 40.6 Å². The molecule has 2 N–H and O–H groups in total. The van der Waals surface area contributed by atoms with Crippen molar-refractivity contribution < 1.29 is 0 Å². The molecule has 0 aliphatic rings. The minimum Gasteiger partial charge on any atom is -0.331 e. The first kappa shape index (κ1) is 12.7. The second-order valence-corrected chi connectivity index (χ2v) is 4.40. The molecule has 1 heterocycles. The van der Waals surface area contributed by atoms with Gasteiger partial charge in [0.1, 0.15) is 0 Å². The number of halogens is 1. The Labute approximate surface area is 115 Å². The number of hydrogen-bond acceptors (Lipinski definition) is 3. The monoisotopic (exact) mass is 278 g/mol. The van der Waals surface area contributed by atoms with Crippen LogP contribution < -0.4 is 10.6 Å². The SMILES string of the molecule is Cc1cccc(Cl)c1NC(=S)Nc1ncccn1. The summed E-state index contributed by atoms with van der Waals surface area (Å²) in [5, 5.41) is 6.94. The van der Waals surface area contributed by atoms with E-state index < -0.39 is 0 Å². The summed E-state index contributed by atoms with van der Waals surface area (Å²) >= 11 is 11.3. The zero-order valence-corrected chi connectivity index (χ0v) is 11.2. The Morgan fingerprint density at radius 3 is 2.56 bits per heavy atom. The van der Waals surface area contributed by atoms with Crippen molar-refractivity contribution in [3.63, 3.8) is 0 Å². The van der Waals surface area contributed by atoms with E-state index in [2.05, 4.69) is 20.6 Å². The third kappa shape index (κ3) is 3.15. The van der Waals surface area contributed by atoms with Gasteiger partial charge < -0.3 is 10.6 Å². The van der Waals surface area contributed by atoms with Crippen molar-refractivity contribution in [3.05, 3.63) is 47.2 Å². The van der Waals surface area contributed by atoms with Gasteiger partial charge in [0.05, 0.1) is 10.7 Å². The zero-order chi connectivity index (χ0) is 13.0. The van der Waals surface area contributed by atoms with Crippen LogP contribution in [0.5, 0.6) is 0 Å². The molecule has 1 aromatic heterocycles. The molecule has 0 aliphatic heterocycles. The van der Waals surface area contributed by atoms with E-state index in [1.54, 1.807) is 24.5 Å². The van der Waals surface area contributed by atoms with Gasteiger partial charge in [-0.1, -0.05) is 23.7 Å². The molecule has 1 aromatic carbocycles. The molecule has 92 valence electrons. The molecule has 0 fully saturated rings. The molecule has 0 aliphatic carbocycles. The van der Waals surface area contributed by atoms with E-state index in [4.69, 9.17) is 23.8 Å². The quantitative estimate of drug-likeness (QED) is 0.826. The number of rotatable bonds is 2. The predicted molar refractivity (Wildman–Crippen MR) is 78.1 cm³/mol. The van der Waals surface area contributed by atoms with Gasteiger partial charge in [0, 0.05) is 12.4 Å². The molecule has 0 radical (unpaired) electrons. The number of anilines is 2. The standard InChI is InChI=1S/C12H11ClN4S/c1-8-4-2-5-9(13)10(8)16-12(18)17-11-14-6-3-7-15-11/h2-7H,1H3,(H2,14,15,16,17,18). The van der Waals surface area contributed by atoms with Gasteiger partial charge in [0.15, 0.2) is 5.11 Å². The molecule has 0 bridgehead atoms. The summed E-state index contributed by atoms with van der Waals surface area (Å²) in [6.07, 6.45) is 3.28. The van der Waals surface area contributed by atoms with Crippen LogP contribution in [0, 0.1) is 6.92 Å². The zero-order valence-electron chi connectivity index (χ0n) is 9.64. The third-order valence-electron chi connectivity index (χ3n) is 2.25. The van der Waals surface area contributed by atoms with Crippen LogP contribution >= 0.6 is 23.8 Å². The summed E-state index contributed by atoms with van der Waals surface area (Å²) in [5.41, 5.74) is 1.80. The second kappa shape index (κ2) is 5.75. The molecule has 0 unspecified atom stereocenters. The maximum absolute atomic E-state index is 6.10. The average Bonchev–Trinajstić information content (AvgIpc) is 2.35. The van der Waals surface area contributed by atoms with E-state index in [0.717, 1.165) is 11.3 Å². The van der Waals surface area contributed by atoms with Crippen LogP contribution in [0.25, 0.3) is 0 Å². The fourth-order valence-electron chi connectivity index (χ4n) is 1.40. The second-order valence-electron chi connectivity index (χ2n) is 3.58. The first-order valence-electron chi connectivity index (χ1n) is 5.27. The molecule has 0 saturated carbocycles. The summed E-state index contributed by atoms with van der Waals surface area (Å²) < 4.78 is 0. The fourth-order valence-corrected chi connectivity index (χ4v) is 1.86. The number of aryl methyl sites for hydroxylation is 1. The molecule has 0 atom stereocenters. The summed E-state index contributed by atoms with van der Waals surface area (Å²) in [6, 6.07) is 7.38. The van der Waals surface area contributed by atoms with Gasteiger partial charge in [-0.2, -0.15) is 0 Å². The summed E-state index contributed by atoms with van der Waals surface area (Å²) in [7, 11) is 0. The minimum atomic E-state index is 0.400. The van der Waals surface area contributed by atoms with Crippen LogP contribution in [0.15, 0.2) is 36.7 Å². The van der Waals surface area contributed by atoms with Crippen molar-refractivity contribution in [2.45, 2.75) is 6.92 Å². The molecule has 18 heavy (non-hydrogen) atoms. The highest BCUT2D eigenvalue weighted by atomic mass is 35.5. The van der Waals surface area contributed by atoms with Crippen LogP contribution in [0.3, 0.4) is 0 Å². The van der Waals surface area contributed by atoms with E-state index in [0.29, 0.717) is 16.1 Å². The van der Waals surface area contributed by atoms with Crippen LogP contribution in [-0.4, -0.2) is 15.1 Å². The van der Waals surface area contributed by atoms with Crippen LogP contribution in [0.4, 0.5) is 11.6 Å². The van der Waals surface area contributed by atoms with E-state index in [9.17, 15) is 0 Å². The van der Waals surface area contributed by atoms with Crippen molar-refractivity contribution in [2.24, 2.45) is 0 Å². The first-order valence-corrected chi connectivity index (χ1v) is 6.05. The number of nitrogens with one attached hydrogen (secondary N) is 2. The Balaban J connectivity index is 2.08. The van der Waals surface area contributed by atoms with Crippen molar-refractivity contribution in [3.8, 4) is 0 Å². The van der Waals surface area contributed by atoms with Crippen LogP contribution in [0.2, 0.25) is 5.02 Å². The number of aromatic nitrogens is 2. The van der Waals surface area contributed by atoms with Gasteiger partial charge in [-0.05, 0) is 36.8 Å². The van der Waals surface area contributed by atoms with Gasteiger partial charge in [0.2, 0.25) is 5.95 Å². The number of hydrogen-bond donors (Lipinski definition) is 2. The average molecular weight is 279 g/mol. The van der Waals surface area contributed by atoms with Gasteiger partial charge in [-0.15, -0.1) is 0 Å². The molecule has 2 rings (SSSR count). The Morgan fingerprint density at radius 1 is 1.17 bits per heavy atom. The van der Waals surface area contributed by atoms with Crippen molar-refractivity contribution in [1.82, 2.24) is 9.97 Å². The highest BCUT2D eigenvalue weighted by Crippen LogP contribution is 2.25. The van der Waals surface area contributed by atoms with Crippen molar-refractivity contribution in [2.75, 3.05) is 10.6 Å². The molecule has 0 spiro atoms. The maximum Gasteiger partial charge on any atom is 0.228 e. The van der Waals surface area contributed by atoms with Gasteiger partial charge in [0.25, 0.3) is 0 Å². The number of para-hydroxylation sites is 1. The number of nitrogens with zero attached hydrogens (tertiary/aromatic N) is 2. The normalized spacial score (nSPS) is 9.89. The van der Waals surface area contributed by atoms with E-state index in [-0.39, 0.29) is 0 Å². The summed E-state index contributed by atoms with van der Waals surface area (Å²) in [4.78, 5) is 8.04. The lowest BCUT2D eigenvalue weighted by atomic mass is 10.2. The first-order chi connectivity index (χ1) is 8.66. The lowest BCUT2D eigenvalue weighted by Crippen LogP contribution is -2.21. The topological polar surface area (TPSA) is 49.8 Å². The lowest BCUT2D eigenvalue weighted by Gasteiger charge is -2.12. The lowest BCUT2D eigenvalue weighted by molar-refractivity contribution is 1.18. The Morgan fingerprint density at radius 2 is 1.89 bits per heavy atom. The molecule has 2 aromatic rings. The smallest absolute Gasteiger partial charge is 0.228 e. The highest BCUT2D eigenvalue weighted by Gasteiger charge is 2.06. The largest absolute Gasteiger partial charge is 0.331 e. The predicted octanol–water partition coefficient (Wildman–Crippen LogP) is 3.25. The van der Waals surface area contributed by atoms with E-state index in [1.807, 2.05) is 19.1 Å². The molecule has 6 heteroatoms. The fraction of sp³-hybridized carbons (Fsp3) is 0.0833. The Bertz CT molecular complexity index is 539. The molecule has 0 amide bonds. The van der Waals surface area contributed by atoms with Gasteiger partial charge >= 0.3 is 0 Å². The molecular formula is C12H11ClN4S. The summed E-state index contributed by atoms with van der Waals surface area (Å²) in [5.74, 6) is 0.444. The van der Waals surface area contributed by atoms with E-state index in [1.165, 1.54) is 0 Å². The van der Waals surface area contributed by atoms with Crippen LogP contribution in [0.1, 0.15) is 5.56 Å². The Kier molecular flexibility index (Phi) is 4.07. The van der Waals surface area contributed by atoms with Gasteiger partial charge in [-0.25, -0.2) is 9.97 Å². The highest BCUT2D eigenvalue weighted by molar-refractivity contribution is 7.80. The van der Waals surface area contributed by atoms with E-state index >= 15 is 0 Å². The Hall–Kier alpha value is -1.72. The number of benzene rings is 1. The molecule has 0 saturated heterocycles. The summed E-state index contributed by atoms with van der Waals surface area (Å²) in [6.45, 7) is 1.95. The maximum atomic E-state index is 6.10. The minimum absolute atomic E-state index is 0.400. The molecular weight excluding hydrogens is 268 g/mol.